The van der Waals surface area contributed by atoms with Crippen LogP contribution in [0.5, 0.6) is 0 Å². The maximum Gasteiger partial charge on any atom is 0.228 e. The largest absolute Gasteiger partial charge is 0.356 e. The van der Waals surface area contributed by atoms with E-state index in [2.05, 4.69) is 28.1 Å². The number of aromatic nitrogens is 2. The Kier molecular flexibility index (Phi) is 4.31. The number of hydrogen-bond donors (Lipinski definition) is 2. The van der Waals surface area contributed by atoms with Crippen LogP contribution in [-0.2, 0) is 11.2 Å². The van der Waals surface area contributed by atoms with Crippen molar-refractivity contribution in [2.75, 3.05) is 12.3 Å². The molecule has 13 heavy (non-hydrogen) atoms. The highest BCUT2D eigenvalue weighted by atomic mass is 32.1. The quantitative estimate of drug-likeness (QED) is 0.660. The summed E-state index contributed by atoms with van der Waals surface area (Å²) >= 11 is 3.94. The van der Waals surface area contributed by atoms with Crippen molar-refractivity contribution < 1.29 is 9.32 Å². The van der Waals surface area contributed by atoms with Crippen molar-refractivity contribution in [1.29, 1.82) is 0 Å². The first-order valence-corrected chi connectivity index (χ1v) is 4.59. The highest BCUT2D eigenvalue weighted by molar-refractivity contribution is 7.80. The molecule has 0 saturated carbocycles. The second-order valence-electron chi connectivity index (χ2n) is 2.41. The van der Waals surface area contributed by atoms with Crippen molar-refractivity contribution in [1.82, 2.24) is 15.5 Å². The first kappa shape index (κ1) is 10.0. The third kappa shape index (κ3) is 3.93. The molecule has 1 N–H and O–H groups in total. The summed E-state index contributed by atoms with van der Waals surface area (Å²) in [6, 6.07) is 0. The Bertz CT molecular complexity index is 250. The van der Waals surface area contributed by atoms with E-state index in [1.54, 1.807) is 0 Å². The first-order chi connectivity index (χ1) is 6.33. The molecular formula is C7H11N3O2S. The number of nitrogens with one attached hydrogen (secondary N) is 1. The molecule has 0 bridgehead atoms. The summed E-state index contributed by atoms with van der Waals surface area (Å²) in [4.78, 5) is 14.8. The van der Waals surface area contributed by atoms with Crippen LogP contribution < -0.4 is 5.32 Å². The van der Waals surface area contributed by atoms with Gasteiger partial charge in [-0.2, -0.15) is 17.6 Å². The van der Waals surface area contributed by atoms with Crippen LogP contribution in [0.1, 0.15) is 12.3 Å². The fourth-order valence-electron chi connectivity index (χ4n) is 0.805. The maximum atomic E-state index is 10.9. The van der Waals surface area contributed by atoms with E-state index in [0.29, 0.717) is 31.0 Å². The molecular weight excluding hydrogens is 190 g/mol. The third-order valence-corrected chi connectivity index (χ3v) is 1.63. The van der Waals surface area contributed by atoms with Crippen LogP contribution in [0.25, 0.3) is 0 Å². The molecule has 0 aliphatic carbocycles. The van der Waals surface area contributed by atoms with E-state index in [1.807, 2.05) is 0 Å². The number of carbonyl (C=O) groups is 1. The van der Waals surface area contributed by atoms with Crippen molar-refractivity contribution in [2.45, 2.75) is 12.8 Å². The van der Waals surface area contributed by atoms with Gasteiger partial charge in [0.25, 0.3) is 0 Å². The van der Waals surface area contributed by atoms with Gasteiger partial charge in [-0.1, -0.05) is 5.16 Å². The Morgan fingerprint density at radius 3 is 3.15 bits per heavy atom. The summed E-state index contributed by atoms with van der Waals surface area (Å²) in [6.45, 7) is 0.523. The molecule has 0 atom stereocenters. The monoisotopic (exact) mass is 201 g/mol. The van der Waals surface area contributed by atoms with Crippen LogP contribution in [0.15, 0.2) is 10.9 Å². The lowest BCUT2D eigenvalue weighted by Crippen LogP contribution is -2.25. The van der Waals surface area contributed by atoms with Crippen LogP contribution in [0.3, 0.4) is 0 Å². The van der Waals surface area contributed by atoms with E-state index in [9.17, 15) is 4.79 Å². The Morgan fingerprint density at radius 1 is 1.69 bits per heavy atom. The van der Waals surface area contributed by atoms with E-state index in [-0.39, 0.29) is 5.91 Å². The average molecular weight is 201 g/mol. The lowest BCUT2D eigenvalue weighted by Gasteiger charge is -2.00. The molecule has 5 nitrogen and oxygen atoms in total. The number of nitrogens with zero attached hydrogens (tertiary/aromatic N) is 2. The number of thiol groups is 1. The van der Waals surface area contributed by atoms with Gasteiger partial charge >= 0.3 is 0 Å². The Morgan fingerprint density at radius 2 is 2.54 bits per heavy atom. The molecule has 0 saturated heterocycles. The second kappa shape index (κ2) is 5.58. The van der Waals surface area contributed by atoms with E-state index < -0.39 is 0 Å². The van der Waals surface area contributed by atoms with E-state index in [1.165, 1.54) is 6.33 Å². The van der Waals surface area contributed by atoms with Gasteiger partial charge in [0.15, 0.2) is 6.33 Å². The van der Waals surface area contributed by atoms with Gasteiger partial charge < -0.3 is 9.84 Å². The van der Waals surface area contributed by atoms with Crippen molar-refractivity contribution in [3.63, 3.8) is 0 Å². The van der Waals surface area contributed by atoms with Crippen LogP contribution >= 0.6 is 12.6 Å². The van der Waals surface area contributed by atoms with Gasteiger partial charge in [-0.25, -0.2) is 0 Å². The molecule has 0 aliphatic rings. The third-order valence-electron chi connectivity index (χ3n) is 1.41. The van der Waals surface area contributed by atoms with Crippen molar-refractivity contribution in [2.24, 2.45) is 0 Å². The fourth-order valence-corrected chi connectivity index (χ4v) is 1.01. The minimum atomic E-state index is -0.00508. The molecule has 0 unspecified atom stereocenters. The highest BCUT2D eigenvalue weighted by Crippen LogP contribution is 1.91. The summed E-state index contributed by atoms with van der Waals surface area (Å²) in [7, 11) is 0. The Hall–Kier alpha value is -1.04. The Balaban J connectivity index is 2.11. The fraction of sp³-hybridized carbons (Fsp3) is 0.571. The molecule has 1 amide bonds. The molecule has 1 aromatic rings. The first-order valence-electron chi connectivity index (χ1n) is 3.96. The predicted molar refractivity (Wildman–Crippen MR) is 49.5 cm³/mol. The maximum absolute atomic E-state index is 10.9. The summed E-state index contributed by atoms with van der Waals surface area (Å²) in [5.74, 6) is 1.09. The summed E-state index contributed by atoms with van der Waals surface area (Å²) in [6.07, 6.45) is 2.34. The predicted octanol–water partition coefficient (Wildman–Crippen LogP) is 0.0482. The topological polar surface area (TPSA) is 68.0 Å². The SMILES string of the molecule is O=C(CCS)NCCc1ncno1. The summed E-state index contributed by atoms with van der Waals surface area (Å²) in [5.41, 5.74) is 0. The lowest BCUT2D eigenvalue weighted by molar-refractivity contribution is -0.120. The van der Waals surface area contributed by atoms with Crippen molar-refractivity contribution in [3.8, 4) is 0 Å². The lowest BCUT2D eigenvalue weighted by atomic mass is 10.4. The molecule has 0 aliphatic heterocycles. The van der Waals surface area contributed by atoms with Crippen LogP contribution in [0.4, 0.5) is 0 Å². The zero-order chi connectivity index (χ0) is 9.52. The van der Waals surface area contributed by atoms with E-state index in [0.717, 1.165) is 0 Å². The second-order valence-corrected chi connectivity index (χ2v) is 2.86. The molecule has 72 valence electrons. The minimum absolute atomic E-state index is 0.00508. The molecule has 0 radical (unpaired) electrons. The molecule has 0 spiro atoms. The van der Waals surface area contributed by atoms with Gasteiger partial charge in [-0.3, -0.25) is 4.79 Å². The number of hydrogen-bond acceptors (Lipinski definition) is 5. The number of rotatable bonds is 5. The molecule has 1 heterocycles. The van der Waals surface area contributed by atoms with E-state index in [4.69, 9.17) is 4.52 Å². The standard InChI is InChI=1S/C7H11N3O2S/c11-6(2-4-13)8-3-1-7-9-5-10-12-7/h5,13H,1-4H2,(H,8,11). The zero-order valence-corrected chi connectivity index (χ0v) is 7.96. The van der Waals surface area contributed by atoms with Gasteiger partial charge in [0.1, 0.15) is 0 Å². The molecule has 6 heteroatoms. The van der Waals surface area contributed by atoms with E-state index >= 15 is 0 Å². The minimum Gasteiger partial charge on any atom is -0.356 e. The Labute approximate surface area is 81.3 Å². The molecule has 1 rings (SSSR count). The van der Waals surface area contributed by atoms with Gasteiger partial charge in [0.2, 0.25) is 11.8 Å². The van der Waals surface area contributed by atoms with Gasteiger partial charge in [-0.05, 0) is 5.75 Å². The van der Waals surface area contributed by atoms with Crippen molar-refractivity contribution in [3.05, 3.63) is 12.2 Å². The molecule has 0 aromatic carbocycles. The average Bonchev–Trinajstić information content (AvgIpc) is 2.57. The van der Waals surface area contributed by atoms with Gasteiger partial charge in [0, 0.05) is 19.4 Å². The molecule has 0 fully saturated rings. The smallest absolute Gasteiger partial charge is 0.228 e. The van der Waals surface area contributed by atoms with Gasteiger partial charge in [-0.15, -0.1) is 0 Å². The molecule has 1 aromatic heterocycles. The normalized spacial score (nSPS) is 9.92. The number of amides is 1. The van der Waals surface area contributed by atoms with Crippen molar-refractivity contribution >= 4 is 18.5 Å². The summed E-state index contributed by atoms with van der Waals surface area (Å²) in [5, 5.41) is 6.15. The van der Waals surface area contributed by atoms with Gasteiger partial charge in [0.05, 0.1) is 0 Å². The van der Waals surface area contributed by atoms with Crippen LogP contribution in [-0.4, -0.2) is 28.3 Å². The zero-order valence-electron chi connectivity index (χ0n) is 7.06. The number of carbonyl (C=O) groups excluding carboxylic acids is 1. The van der Waals surface area contributed by atoms with Crippen LogP contribution in [0.2, 0.25) is 0 Å². The highest BCUT2D eigenvalue weighted by Gasteiger charge is 2.01. The van der Waals surface area contributed by atoms with Crippen LogP contribution in [0, 0.1) is 0 Å². The summed E-state index contributed by atoms with van der Waals surface area (Å²) < 4.78 is 4.75.